The summed E-state index contributed by atoms with van der Waals surface area (Å²) in [6, 6.07) is 16.9. The summed E-state index contributed by atoms with van der Waals surface area (Å²) in [4.78, 5) is 16.4. The van der Waals surface area contributed by atoms with Gasteiger partial charge in [0.2, 0.25) is 5.91 Å². The first kappa shape index (κ1) is 20.1. The number of hydrogen-bond acceptors (Lipinski definition) is 5. The van der Waals surface area contributed by atoms with E-state index in [1.165, 1.54) is 23.9 Å². The maximum Gasteiger partial charge on any atom is 0.234 e. The maximum atomic E-state index is 13.8. The first-order valence-corrected chi connectivity index (χ1v) is 10.3. The Morgan fingerprint density at radius 3 is 2.50 bits per heavy atom. The Morgan fingerprint density at radius 2 is 1.77 bits per heavy atom. The van der Waals surface area contributed by atoms with Crippen LogP contribution in [0.4, 0.5) is 10.1 Å². The minimum Gasteiger partial charge on any atom is -0.323 e. The van der Waals surface area contributed by atoms with Crippen molar-refractivity contribution < 1.29 is 9.18 Å². The van der Waals surface area contributed by atoms with Crippen LogP contribution in [0, 0.1) is 5.82 Å². The molecule has 9 heteroatoms. The monoisotopic (exact) mass is 439 g/mol. The molecule has 0 fully saturated rings. The summed E-state index contributed by atoms with van der Waals surface area (Å²) in [6.45, 7) is 0. The van der Waals surface area contributed by atoms with Gasteiger partial charge in [-0.25, -0.2) is 4.39 Å². The van der Waals surface area contributed by atoms with Crippen molar-refractivity contribution in [3.05, 3.63) is 83.9 Å². The van der Waals surface area contributed by atoms with E-state index in [1.807, 2.05) is 28.8 Å². The van der Waals surface area contributed by atoms with Gasteiger partial charge in [0.15, 0.2) is 11.0 Å². The Morgan fingerprint density at radius 1 is 1.03 bits per heavy atom. The second kappa shape index (κ2) is 9.06. The number of para-hydroxylation sites is 1. The van der Waals surface area contributed by atoms with E-state index in [-0.39, 0.29) is 17.3 Å². The van der Waals surface area contributed by atoms with Gasteiger partial charge in [-0.2, -0.15) is 0 Å². The second-order valence-electron chi connectivity index (χ2n) is 6.17. The summed E-state index contributed by atoms with van der Waals surface area (Å²) in [7, 11) is 0. The van der Waals surface area contributed by atoms with Crippen molar-refractivity contribution in [2.75, 3.05) is 11.1 Å². The Balaban J connectivity index is 1.60. The number of hydrogen-bond donors (Lipinski definition) is 1. The molecule has 0 aliphatic carbocycles. The van der Waals surface area contributed by atoms with Crippen LogP contribution in [-0.2, 0) is 4.79 Å². The molecule has 4 aromatic rings. The summed E-state index contributed by atoms with van der Waals surface area (Å²) in [5.74, 6) is -0.186. The van der Waals surface area contributed by atoms with Gasteiger partial charge >= 0.3 is 0 Å². The first-order valence-electron chi connectivity index (χ1n) is 8.91. The molecule has 0 radical (unpaired) electrons. The third kappa shape index (κ3) is 4.50. The van der Waals surface area contributed by atoms with E-state index in [9.17, 15) is 9.18 Å². The Kier molecular flexibility index (Phi) is 6.06. The number of nitrogens with zero attached hydrogens (tertiary/aromatic N) is 4. The van der Waals surface area contributed by atoms with Gasteiger partial charge in [-0.15, -0.1) is 10.2 Å². The lowest BCUT2D eigenvalue weighted by molar-refractivity contribution is -0.113. The molecule has 2 heterocycles. The predicted octanol–water partition coefficient (Wildman–Crippen LogP) is 4.85. The molecule has 150 valence electrons. The van der Waals surface area contributed by atoms with E-state index < -0.39 is 5.82 Å². The average Bonchev–Trinajstić information content (AvgIpc) is 3.19. The van der Waals surface area contributed by atoms with E-state index in [4.69, 9.17) is 11.6 Å². The number of carbonyl (C=O) groups is 1. The molecule has 0 saturated carbocycles. The first-order chi connectivity index (χ1) is 14.6. The normalized spacial score (nSPS) is 10.7. The molecular formula is C21H15ClFN5OS. The van der Waals surface area contributed by atoms with Crippen molar-refractivity contribution in [2.45, 2.75) is 5.16 Å². The third-order valence-electron chi connectivity index (χ3n) is 4.14. The maximum absolute atomic E-state index is 13.8. The Labute approximate surface area is 181 Å². The lowest BCUT2D eigenvalue weighted by Gasteiger charge is -2.11. The molecule has 0 unspecified atom stereocenters. The molecule has 30 heavy (non-hydrogen) atoms. The third-order valence-corrected chi connectivity index (χ3v) is 5.32. The number of benzene rings is 2. The van der Waals surface area contributed by atoms with Gasteiger partial charge in [0.05, 0.1) is 11.4 Å². The van der Waals surface area contributed by atoms with E-state index in [2.05, 4.69) is 20.5 Å². The van der Waals surface area contributed by atoms with Crippen molar-refractivity contribution in [2.24, 2.45) is 0 Å². The van der Waals surface area contributed by atoms with Crippen LogP contribution >= 0.6 is 23.4 Å². The van der Waals surface area contributed by atoms with Crippen LogP contribution in [0.3, 0.4) is 0 Å². The van der Waals surface area contributed by atoms with E-state index in [0.717, 1.165) is 11.3 Å². The largest absolute Gasteiger partial charge is 0.323 e. The van der Waals surface area contributed by atoms with Crippen LogP contribution in [0.2, 0.25) is 5.02 Å². The fourth-order valence-electron chi connectivity index (χ4n) is 2.75. The van der Waals surface area contributed by atoms with Crippen molar-refractivity contribution in [1.29, 1.82) is 0 Å². The SMILES string of the molecule is O=C(CSc1nnc(-c2ccncc2)n1-c1ccc(Cl)cc1)Nc1ccccc1F. The van der Waals surface area contributed by atoms with Gasteiger partial charge in [0.25, 0.3) is 0 Å². The smallest absolute Gasteiger partial charge is 0.234 e. The molecule has 0 spiro atoms. The highest BCUT2D eigenvalue weighted by Gasteiger charge is 2.17. The number of nitrogens with one attached hydrogen (secondary N) is 1. The highest BCUT2D eigenvalue weighted by atomic mass is 35.5. The van der Waals surface area contributed by atoms with Crippen LogP contribution in [0.15, 0.2) is 78.2 Å². The number of aromatic nitrogens is 4. The zero-order valence-corrected chi connectivity index (χ0v) is 17.1. The fourth-order valence-corrected chi connectivity index (χ4v) is 3.63. The molecule has 0 bridgehead atoms. The molecule has 0 saturated heterocycles. The van der Waals surface area contributed by atoms with Gasteiger partial charge in [-0.1, -0.05) is 35.5 Å². The molecular weight excluding hydrogens is 425 g/mol. The van der Waals surface area contributed by atoms with E-state index >= 15 is 0 Å². The van der Waals surface area contributed by atoms with Crippen LogP contribution in [0.25, 0.3) is 17.1 Å². The molecule has 1 amide bonds. The van der Waals surface area contributed by atoms with E-state index in [1.54, 1.807) is 36.7 Å². The van der Waals surface area contributed by atoms with Gasteiger partial charge in [0, 0.05) is 28.7 Å². The molecule has 0 atom stereocenters. The van der Waals surface area contributed by atoms with Gasteiger partial charge in [-0.3, -0.25) is 14.3 Å². The van der Waals surface area contributed by atoms with Gasteiger partial charge in [-0.05, 0) is 48.5 Å². The number of thioether (sulfide) groups is 1. The lowest BCUT2D eigenvalue weighted by atomic mass is 10.2. The van der Waals surface area contributed by atoms with Gasteiger partial charge in [0.1, 0.15) is 5.82 Å². The molecule has 0 aliphatic rings. The summed E-state index contributed by atoms with van der Waals surface area (Å²) < 4.78 is 15.6. The van der Waals surface area contributed by atoms with Crippen molar-refractivity contribution in [3.63, 3.8) is 0 Å². The molecule has 2 aromatic heterocycles. The Hall–Kier alpha value is -3.23. The second-order valence-corrected chi connectivity index (χ2v) is 7.55. The summed E-state index contributed by atoms with van der Waals surface area (Å²) in [6.07, 6.45) is 3.34. The number of pyridine rings is 1. The molecule has 0 aliphatic heterocycles. The standard InChI is InChI=1S/C21H15ClFN5OS/c22-15-5-7-16(8-6-15)28-20(14-9-11-24-12-10-14)26-27-21(28)30-13-19(29)25-18-4-2-1-3-17(18)23/h1-12H,13H2,(H,25,29). The highest BCUT2D eigenvalue weighted by Crippen LogP contribution is 2.28. The number of carbonyl (C=O) groups excluding carboxylic acids is 1. The molecule has 2 aromatic carbocycles. The van der Waals surface area contributed by atoms with Gasteiger partial charge < -0.3 is 5.32 Å². The number of amides is 1. The Bertz CT molecular complexity index is 1170. The van der Waals surface area contributed by atoms with Crippen molar-refractivity contribution in [1.82, 2.24) is 19.7 Å². The summed E-state index contributed by atoms with van der Waals surface area (Å²) in [5, 5.41) is 12.3. The van der Waals surface area contributed by atoms with Crippen molar-refractivity contribution in [3.8, 4) is 17.1 Å². The van der Waals surface area contributed by atoms with E-state index in [0.29, 0.717) is 16.0 Å². The average molecular weight is 440 g/mol. The molecule has 1 N–H and O–H groups in total. The number of anilines is 1. The zero-order valence-electron chi connectivity index (χ0n) is 15.5. The summed E-state index contributed by atoms with van der Waals surface area (Å²) in [5.41, 5.74) is 1.77. The van der Waals surface area contributed by atoms with Crippen LogP contribution < -0.4 is 5.32 Å². The minimum atomic E-state index is -0.486. The topological polar surface area (TPSA) is 72.7 Å². The summed E-state index contributed by atoms with van der Waals surface area (Å²) >= 11 is 7.23. The van der Waals surface area contributed by atoms with Crippen LogP contribution in [0.5, 0.6) is 0 Å². The number of rotatable bonds is 6. The molecule has 4 rings (SSSR count). The number of halogens is 2. The van der Waals surface area contributed by atoms with Crippen molar-refractivity contribution >= 4 is 35.0 Å². The fraction of sp³-hybridized carbons (Fsp3) is 0.0476. The lowest BCUT2D eigenvalue weighted by Crippen LogP contribution is -2.15. The van der Waals surface area contributed by atoms with Crippen LogP contribution in [0.1, 0.15) is 0 Å². The predicted molar refractivity (Wildman–Crippen MR) is 115 cm³/mol. The minimum absolute atomic E-state index is 0.0381. The highest BCUT2D eigenvalue weighted by molar-refractivity contribution is 7.99. The molecule has 6 nitrogen and oxygen atoms in total. The van der Waals surface area contributed by atoms with Crippen LogP contribution in [-0.4, -0.2) is 31.4 Å². The quantitative estimate of drug-likeness (QED) is 0.435. The zero-order chi connectivity index (χ0) is 20.9.